The van der Waals surface area contributed by atoms with Crippen molar-refractivity contribution < 1.29 is 14.0 Å². The minimum Gasteiger partial charge on any atom is -0.733 e. The van der Waals surface area contributed by atoms with E-state index in [9.17, 15) is 14.0 Å². The molecule has 1 aromatic carbocycles. The number of anilines is 3. The van der Waals surface area contributed by atoms with Crippen LogP contribution in [0, 0.1) is 5.21 Å². The number of nitrogens with zero attached hydrogens (tertiary/aromatic N) is 2. The van der Waals surface area contributed by atoms with E-state index in [0.717, 1.165) is 6.07 Å². The Morgan fingerprint density at radius 1 is 1.50 bits per heavy atom. The van der Waals surface area contributed by atoms with Crippen LogP contribution in [0.25, 0.3) is 0 Å². The normalized spacial score (nSPS) is 18.2. The molecule has 0 radical (unpaired) electrons. The van der Waals surface area contributed by atoms with Gasteiger partial charge >= 0.3 is 0 Å². The fourth-order valence-corrected chi connectivity index (χ4v) is 2.19. The molecular weight excluding hydrogens is 268 g/mol. The number of halogens is 3. The van der Waals surface area contributed by atoms with Crippen molar-refractivity contribution >= 4 is 28.7 Å². The quantitative estimate of drug-likeness (QED) is 0.642. The first-order chi connectivity index (χ1) is 8.30. The Morgan fingerprint density at radius 3 is 2.67 bits per heavy atom. The largest absolute Gasteiger partial charge is 0.733 e. The maximum atomic E-state index is 13.1. The molecule has 0 saturated carbocycles. The molecule has 1 fully saturated rings. The minimum atomic E-state index is -2.75. The topological polar surface area (TPSA) is 75.8 Å². The van der Waals surface area contributed by atoms with Gasteiger partial charge in [-0.2, -0.15) is 0 Å². The first-order valence-electron chi connectivity index (χ1n) is 5.18. The van der Waals surface area contributed by atoms with Crippen molar-refractivity contribution in [2.45, 2.75) is 12.3 Å². The van der Waals surface area contributed by atoms with Gasteiger partial charge in [-0.25, -0.2) is 8.78 Å². The van der Waals surface area contributed by atoms with Crippen molar-refractivity contribution in [3.8, 4) is 0 Å². The van der Waals surface area contributed by atoms with Crippen molar-refractivity contribution in [1.29, 1.82) is 0 Å². The lowest BCUT2D eigenvalue weighted by Crippen LogP contribution is -2.25. The van der Waals surface area contributed by atoms with Crippen LogP contribution in [-0.4, -0.2) is 24.2 Å². The Balaban J connectivity index is 2.33. The Labute approximate surface area is 107 Å². The summed E-state index contributed by atoms with van der Waals surface area (Å²) >= 11 is 5.90. The predicted molar refractivity (Wildman–Crippen MR) is 65.3 cm³/mol. The van der Waals surface area contributed by atoms with Crippen molar-refractivity contribution in [1.82, 2.24) is 0 Å². The first-order valence-corrected chi connectivity index (χ1v) is 5.56. The number of hydrogen-bond acceptors (Lipinski definition) is 5. The van der Waals surface area contributed by atoms with E-state index < -0.39 is 17.7 Å². The maximum Gasteiger partial charge on any atom is 0.266 e. The predicted octanol–water partition coefficient (Wildman–Crippen LogP) is 2.46. The molecule has 1 aromatic rings. The second kappa shape index (κ2) is 4.42. The third kappa shape index (κ3) is 2.43. The van der Waals surface area contributed by atoms with Gasteiger partial charge in [0.2, 0.25) is 0 Å². The molecular formula is C10H11ClF2N3O2-. The Bertz CT molecular complexity index is 471. The highest BCUT2D eigenvalue weighted by atomic mass is 35.5. The van der Waals surface area contributed by atoms with Gasteiger partial charge in [0.15, 0.2) is 0 Å². The van der Waals surface area contributed by atoms with Gasteiger partial charge in [0.25, 0.3) is 5.92 Å². The van der Waals surface area contributed by atoms with Crippen molar-refractivity contribution in [3.63, 3.8) is 0 Å². The molecule has 0 unspecified atom stereocenters. The SMILES string of the molecule is Nc1cc(N2CCC(F)(F)C2)c(Cl)cc1N([O-])O. The monoisotopic (exact) mass is 278 g/mol. The van der Waals surface area contributed by atoms with E-state index in [1.807, 2.05) is 0 Å². The molecule has 0 aromatic heterocycles. The van der Waals surface area contributed by atoms with Gasteiger partial charge in [0.05, 0.1) is 28.6 Å². The molecule has 5 nitrogen and oxygen atoms in total. The van der Waals surface area contributed by atoms with Gasteiger partial charge in [0, 0.05) is 13.0 Å². The van der Waals surface area contributed by atoms with E-state index >= 15 is 0 Å². The average Bonchev–Trinajstić information content (AvgIpc) is 2.61. The van der Waals surface area contributed by atoms with Crippen LogP contribution in [0.2, 0.25) is 5.02 Å². The van der Waals surface area contributed by atoms with Gasteiger partial charge in [-0.05, 0) is 12.1 Å². The van der Waals surface area contributed by atoms with E-state index in [-0.39, 0.29) is 29.4 Å². The van der Waals surface area contributed by atoms with E-state index in [1.165, 1.54) is 11.0 Å². The fourth-order valence-electron chi connectivity index (χ4n) is 1.92. The fraction of sp³-hybridized carbons (Fsp3) is 0.400. The van der Waals surface area contributed by atoms with Gasteiger partial charge in [0.1, 0.15) is 0 Å². The summed E-state index contributed by atoms with van der Waals surface area (Å²) in [6, 6.07) is 2.45. The summed E-state index contributed by atoms with van der Waals surface area (Å²) in [6.45, 7) is -0.280. The lowest BCUT2D eigenvalue weighted by Gasteiger charge is -2.26. The third-order valence-electron chi connectivity index (χ3n) is 2.81. The van der Waals surface area contributed by atoms with Crippen molar-refractivity contribution in [2.75, 3.05) is 28.9 Å². The molecule has 0 aliphatic carbocycles. The lowest BCUT2D eigenvalue weighted by atomic mass is 10.2. The van der Waals surface area contributed by atoms with Crippen LogP contribution in [-0.2, 0) is 0 Å². The maximum absolute atomic E-state index is 13.1. The highest BCUT2D eigenvalue weighted by Crippen LogP contribution is 2.38. The van der Waals surface area contributed by atoms with Gasteiger partial charge in [-0.3, -0.25) is 5.21 Å². The molecule has 3 N–H and O–H groups in total. The summed E-state index contributed by atoms with van der Waals surface area (Å²) < 4.78 is 26.2. The van der Waals surface area contributed by atoms with Crippen LogP contribution in [0.1, 0.15) is 6.42 Å². The van der Waals surface area contributed by atoms with Gasteiger partial charge in [-0.15, -0.1) is 0 Å². The summed E-state index contributed by atoms with van der Waals surface area (Å²) in [4.78, 5) is 1.40. The van der Waals surface area contributed by atoms with E-state index in [0.29, 0.717) is 5.69 Å². The molecule has 100 valence electrons. The van der Waals surface area contributed by atoms with Crippen LogP contribution >= 0.6 is 11.6 Å². The number of nitrogens with two attached hydrogens (primary N) is 1. The van der Waals surface area contributed by atoms with Crippen molar-refractivity contribution in [2.24, 2.45) is 0 Å². The summed E-state index contributed by atoms with van der Waals surface area (Å²) in [5, 5.41) is 19.2. The third-order valence-corrected chi connectivity index (χ3v) is 3.12. The summed E-state index contributed by atoms with van der Waals surface area (Å²) in [5.41, 5.74) is 5.64. The molecule has 0 bridgehead atoms. The zero-order valence-electron chi connectivity index (χ0n) is 9.24. The highest BCUT2D eigenvalue weighted by molar-refractivity contribution is 6.33. The summed E-state index contributed by atoms with van der Waals surface area (Å²) in [6.07, 6.45) is -0.251. The number of benzene rings is 1. The van der Waals surface area contributed by atoms with Gasteiger partial charge in [-0.1, -0.05) is 11.6 Å². The standard InChI is InChI=1S/C10H11ClF2N3O2/c11-6-3-9(16(17)18)7(14)4-8(6)15-2-1-10(12,13)5-15/h3-4,17H,1-2,5,14H2/q-1. The molecule has 1 aliphatic rings. The molecule has 0 amide bonds. The Hall–Kier alpha value is -1.31. The van der Waals surface area contributed by atoms with Crippen LogP contribution in [0.3, 0.4) is 0 Å². The molecule has 2 rings (SSSR count). The van der Waals surface area contributed by atoms with Gasteiger partial charge < -0.3 is 21.1 Å². The zero-order chi connectivity index (χ0) is 13.5. The Morgan fingerprint density at radius 2 is 2.17 bits per heavy atom. The first kappa shape index (κ1) is 13.1. The minimum absolute atomic E-state index is 0.0258. The van der Waals surface area contributed by atoms with Crippen LogP contribution in [0.4, 0.5) is 25.8 Å². The van der Waals surface area contributed by atoms with Crippen LogP contribution in [0.15, 0.2) is 12.1 Å². The summed E-state index contributed by atoms with van der Waals surface area (Å²) in [5.74, 6) is -2.75. The second-order valence-corrected chi connectivity index (χ2v) is 4.57. The molecule has 18 heavy (non-hydrogen) atoms. The smallest absolute Gasteiger partial charge is 0.266 e. The lowest BCUT2D eigenvalue weighted by molar-refractivity contribution is 0.0257. The van der Waals surface area contributed by atoms with Crippen LogP contribution in [0.5, 0.6) is 0 Å². The number of hydrogen-bond donors (Lipinski definition) is 2. The number of alkyl halides is 2. The molecule has 1 saturated heterocycles. The zero-order valence-corrected chi connectivity index (χ0v) is 9.99. The molecule has 0 atom stereocenters. The molecule has 1 heterocycles. The highest BCUT2D eigenvalue weighted by Gasteiger charge is 2.38. The number of rotatable bonds is 2. The van der Waals surface area contributed by atoms with E-state index in [4.69, 9.17) is 22.5 Å². The van der Waals surface area contributed by atoms with Crippen LogP contribution < -0.4 is 15.9 Å². The van der Waals surface area contributed by atoms with E-state index in [2.05, 4.69) is 0 Å². The molecule has 1 aliphatic heterocycles. The number of nitrogen functional groups attached to an aromatic ring is 1. The van der Waals surface area contributed by atoms with Crippen molar-refractivity contribution in [3.05, 3.63) is 22.4 Å². The average molecular weight is 279 g/mol. The second-order valence-electron chi connectivity index (χ2n) is 4.16. The molecule has 8 heteroatoms. The van der Waals surface area contributed by atoms with E-state index in [1.54, 1.807) is 0 Å². The summed E-state index contributed by atoms with van der Waals surface area (Å²) in [7, 11) is 0. The Kier molecular flexibility index (Phi) is 3.22. The molecule has 0 spiro atoms.